The molecule has 0 aliphatic carbocycles. The van der Waals surface area contributed by atoms with Gasteiger partial charge in [0.25, 0.3) is 5.91 Å². The lowest BCUT2D eigenvalue weighted by atomic mass is 10.2. The minimum Gasteiger partial charge on any atom is -0.397 e. The van der Waals surface area contributed by atoms with Gasteiger partial charge in [0.2, 0.25) is 0 Å². The van der Waals surface area contributed by atoms with Crippen molar-refractivity contribution in [2.24, 2.45) is 7.05 Å². The molecule has 0 unspecified atom stereocenters. The Kier molecular flexibility index (Phi) is 2.82. The van der Waals surface area contributed by atoms with E-state index in [-0.39, 0.29) is 5.91 Å². The number of aromatic nitrogens is 2. The second-order valence-electron chi connectivity index (χ2n) is 3.95. The predicted molar refractivity (Wildman–Crippen MR) is 66.8 cm³/mol. The summed E-state index contributed by atoms with van der Waals surface area (Å²) in [6.07, 6.45) is 3.17. The molecule has 1 heterocycles. The van der Waals surface area contributed by atoms with Gasteiger partial charge in [-0.15, -0.1) is 0 Å². The van der Waals surface area contributed by atoms with Crippen LogP contribution >= 0.6 is 0 Å². The molecule has 1 amide bonds. The quantitative estimate of drug-likeness (QED) is 0.769. The average molecular weight is 230 g/mol. The zero-order valence-electron chi connectivity index (χ0n) is 9.77. The van der Waals surface area contributed by atoms with E-state index in [9.17, 15) is 4.79 Å². The van der Waals surface area contributed by atoms with Crippen LogP contribution in [0.1, 0.15) is 15.9 Å². The minimum atomic E-state index is -0.213. The fourth-order valence-corrected chi connectivity index (χ4v) is 1.51. The fraction of sp³-hybridized carbons (Fsp3) is 0.167. The molecule has 2 aromatic rings. The van der Waals surface area contributed by atoms with Gasteiger partial charge in [-0.25, -0.2) is 0 Å². The Balaban J connectivity index is 2.21. The van der Waals surface area contributed by atoms with Gasteiger partial charge in [-0.2, -0.15) is 5.10 Å². The second kappa shape index (κ2) is 4.29. The zero-order valence-corrected chi connectivity index (χ0v) is 9.77. The molecule has 0 bridgehead atoms. The van der Waals surface area contributed by atoms with Crippen molar-refractivity contribution in [3.05, 3.63) is 41.7 Å². The van der Waals surface area contributed by atoms with Gasteiger partial charge in [0.05, 0.1) is 23.1 Å². The molecule has 0 fully saturated rings. The summed E-state index contributed by atoms with van der Waals surface area (Å²) in [6, 6.07) is 5.51. The molecule has 88 valence electrons. The highest BCUT2D eigenvalue weighted by atomic mass is 16.1. The lowest BCUT2D eigenvalue weighted by molar-refractivity contribution is 0.102. The van der Waals surface area contributed by atoms with E-state index < -0.39 is 0 Å². The maximum atomic E-state index is 11.9. The van der Waals surface area contributed by atoms with Crippen molar-refractivity contribution < 1.29 is 4.79 Å². The van der Waals surface area contributed by atoms with E-state index in [1.165, 1.54) is 6.20 Å². The summed E-state index contributed by atoms with van der Waals surface area (Å²) in [5.41, 5.74) is 8.51. The van der Waals surface area contributed by atoms with Crippen LogP contribution in [0.5, 0.6) is 0 Å². The molecule has 5 heteroatoms. The summed E-state index contributed by atoms with van der Waals surface area (Å²) < 4.78 is 1.58. The lowest BCUT2D eigenvalue weighted by Gasteiger charge is -2.07. The maximum absolute atomic E-state index is 11.9. The molecular formula is C12H14N4O. The zero-order chi connectivity index (χ0) is 12.4. The van der Waals surface area contributed by atoms with Crippen LogP contribution in [-0.2, 0) is 7.05 Å². The molecular weight excluding hydrogens is 216 g/mol. The molecule has 0 saturated heterocycles. The van der Waals surface area contributed by atoms with E-state index >= 15 is 0 Å². The van der Waals surface area contributed by atoms with Crippen LogP contribution in [0.2, 0.25) is 0 Å². The van der Waals surface area contributed by atoms with E-state index in [0.717, 1.165) is 5.56 Å². The van der Waals surface area contributed by atoms with Crippen LogP contribution in [0.3, 0.4) is 0 Å². The van der Waals surface area contributed by atoms with Crippen molar-refractivity contribution in [2.45, 2.75) is 6.92 Å². The number of benzene rings is 1. The number of nitrogens with two attached hydrogens (primary N) is 1. The van der Waals surface area contributed by atoms with Gasteiger partial charge < -0.3 is 11.1 Å². The monoisotopic (exact) mass is 230 g/mol. The van der Waals surface area contributed by atoms with E-state index in [0.29, 0.717) is 16.9 Å². The van der Waals surface area contributed by atoms with Gasteiger partial charge >= 0.3 is 0 Å². The number of hydrogen-bond donors (Lipinski definition) is 2. The van der Waals surface area contributed by atoms with Gasteiger partial charge in [0.15, 0.2) is 0 Å². The normalized spacial score (nSPS) is 10.2. The molecule has 0 spiro atoms. The number of nitrogens with one attached hydrogen (secondary N) is 1. The predicted octanol–water partition coefficient (Wildman–Crippen LogP) is 1.56. The number of nitrogen functional groups attached to an aromatic ring is 1. The van der Waals surface area contributed by atoms with E-state index in [1.54, 1.807) is 24.0 Å². The Morgan fingerprint density at radius 3 is 2.88 bits per heavy atom. The number of rotatable bonds is 2. The van der Waals surface area contributed by atoms with Crippen LogP contribution in [0, 0.1) is 6.92 Å². The summed E-state index contributed by atoms with van der Waals surface area (Å²) in [5, 5.41) is 6.71. The van der Waals surface area contributed by atoms with E-state index in [4.69, 9.17) is 5.73 Å². The first-order chi connectivity index (χ1) is 8.06. The Labute approximate surface area is 99.2 Å². The summed E-state index contributed by atoms with van der Waals surface area (Å²) in [6.45, 7) is 1.94. The fourth-order valence-electron chi connectivity index (χ4n) is 1.51. The lowest BCUT2D eigenvalue weighted by Crippen LogP contribution is -2.12. The Morgan fingerprint density at radius 2 is 2.24 bits per heavy atom. The Morgan fingerprint density at radius 1 is 1.47 bits per heavy atom. The Bertz CT molecular complexity index is 559. The highest BCUT2D eigenvalue weighted by molar-refractivity contribution is 6.05. The average Bonchev–Trinajstić information content (AvgIpc) is 2.70. The first kappa shape index (κ1) is 11.2. The molecule has 3 N–H and O–H groups in total. The molecule has 5 nitrogen and oxygen atoms in total. The largest absolute Gasteiger partial charge is 0.397 e. The molecule has 0 radical (unpaired) electrons. The summed E-state index contributed by atoms with van der Waals surface area (Å²) >= 11 is 0. The first-order valence-corrected chi connectivity index (χ1v) is 5.22. The third-order valence-electron chi connectivity index (χ3n) is 2.42. The highest BCUT2D eigenvalue weighted by Crippen LogP contribution is 2.20. The van der Waals surface area contributed by atoms with Crippen LogP contribution < -0.4 is 11.1 Å². The molecule has 0 aliphatic rings. The Hall–Kier alpha value is -2.30. The van der Waals surface area contributed by atoms with Crippen molar-refractivity contribution in [1.82, 2.24) is 9.78 Å². The number of amides is 1. The molecule has 2 rings (SSSR count). The molecule has 17 heavy (non-hydrogen) atoms. The number of anilines is 2. The smallest absolute Gasteiger partial charge is 0.258 e. The van der Waals surface area contributed by atoms with Crippen molar-refractivity contribution in [1.29, 1.82) is 0 Å². The van der Waals surface area contributed by atoms with E-state index in [2.05, 4.69) is 10.4 Å². The molecule has 0 saturated carbocycles. The number of aryl methyl sites for hydroxylation is 2. The molecule has 1 aromatic carbocycles. The maximum Gasteiger partial charge on any atom is 0.258 e. The number of nitrogens with zero attached hydrogens (tertiary/aromatic N) is 2. The number of carbonyl (C=O) groups excluding carboxylic acids is 1. The summed E-state index contributed by atoms with van der Waals surface area (Å²) in [7, 11) is 1.76. The summed E-state index contributed by atoms with van der Waals surface area (Å²) in [5.74, 6) is -0.213. The van der Waals surface area contributed by atoms with Gasteiger partial charge in [-0.05, 0) is 24.6 Å². The molecule has 0 atom stereocenters. The number of carbonyl (C=O) groups is 1. The molecule has 0 aliphatic heterocycles. The van der Waals surface area contributed by atoms with E-state index in [1.807, 2.05) is 19.1 Å². The van der Waals surface area contributed by atoms with Gasteiger partial charge in [0.1, 0.15) is 0 Å². The van der Waals surface area contributed by atoms with Crippen LogP contribution in [-0.4, -0.2) is 15.7 Å². The summed E-state index contributed by atoms with van der Waals surface area (Å²) in [4.78, 5) is 11.9. The minimum absolute atomic E-state index is 0.213. The standard InChI is InChI=1S/C12H14N4O/c1-8-3-4-10(13)11(5-8)15-12(17)9-6-14-16(2)7-9/h3-7H,13H2,1-2H3,(H,15,17). The topological polar surface area (TPSA) is 72.9 Å². The van der Waals surface area contributed by atoms with Crippen LogP contribution in [0.15, 0.2) is 30.6 Å². The first-order valence-electron chi connectivity index (χ1n) is 5.22. The second-order valence-corrected chi connectivity index (χ2v) is 3.95. The SMILES string of the molecule is Cc1ccc(N)c(NC(=O)c2cnn(C)c2)c1. The van der Waals surface area contributed by atoms with Crippen molar-refractivity contribution in [3.8, 4) is 0 Å². The third-order valence-corrected chi connectivity index (χ3v) is 2.42. The van der Waals surface area contributed by atoms with Crippen molar-refractivity contribution in [3.63, 3.8) is 0 Å². The van der Waals surface area contributed by atoms with Crippen LogP contribution in [0.4, 0.5) is 11.4 Å². The van der Waals surface area contributed by atoms with Crippen molar-refractivity contribution >= 4 is 17.3 Å². The van der Waals surface area contributed by atoms with Gasteiger partial charge in [0, 0.05) is 13.2 Å². The van der Waals surface area contributed by atoms with Crippen molar-refractivity contribution in [2.75, 3.05) is 11.1 Å². The highest BCUT2D eigenvalue weighted by Gasteiger charge is 2.09. The number of hydrogen-bond acceptors (Lipinski definition) is 3. The van der Waals surface area contributed by atoms with Crippen LogP contribution in [0.25, 0.3) is 0 Å². The van der Waals surface area contributed by atoms with Gasteiger partial charge in [-0.1, -0.05) is 6.07 Å². The molecule has 1 aromatic heterocycles. The van der Waals surface area contributed by atoms with Gasteiger partial charge in [-0.3, -0.25) is 9.48 Å². The third kappa shape index (κ3) is 2.44.